The first kappa shape index (κ1) is 15.3. The first-order valence-electron chi connectivity index (χ1n) is 4.75. The molecule has 0 bridgehead atoms. The van der Waals surface area contributed by atoms with Crippen molar-refractivity contribution < 1.29 is 25.8 Å². The van der Waals surface area contributed by atoms with Gasteiger partial charge in [0, 0.05) is 5.02 Å². The van der Waals surface area contributed by atoms with E-state index in [4.69, 9.17) is 11.6 Å². The largest absolute Gasteiger partial charge is 0.416 e. The third-order valence-corrected chi connectivity index (χ3v) is 2.89. The molecular formula is C10H10ClF3O3S. The second kappa shape index (κ2) is 5.07. The molecule has 1 atom stereocenters. The smallest absolute Gasteiger partial charge is 0.262 e. The molecule has 0 aliphatic heterocycles. The molecule has 0 aliphatic carbocycles. The molecule has 1 unspecified atom stereocenters. The number of halogens is 4. The minimum absolute atomic E-state index is 0.0419. The van der Waals surface area contributed by atoms with E-state index < -0.39 is 28.0 Å². The Balaban J connectivity index is 3.14. The first-order valence-corrected chi connectivity index (χ1v) is 6.94. The highest BCUT2D eigenvalue weighted by molar-refractivity contribution is 7.86. The van der Waals surface area contributed by atoms with E-state index in [1.54, 1.807) is 0 Å². The van der Waals surface area contributed by atoms with Crippen molar-refractivity contribution in [3.63, 3.8) is 0 Å². The Morgan fingerprint density at radius 2 is 1.83 bits per heavy atom. The summed E-state index contributed by atoms with van der Waals surface area (Å²) in [5.74, 6) is 0. The van der Waals surface area contributed by atoms with Gasteiger partial charge in [-0.25, -0.2) is 0 Å². The summed E-state index contributed by atoms with van der Waals surface area (Å²) in [7, 11) is -3.76. The molecular weight excluding hydrogens is 293 g/mol. The highest BCUT2D eigenvalue weighted by Gasteiger charge is 2.31. The van der Waals surface area contributed by atoms with Crippen LogP contribution in [-0.2, 0) is 20.5 Å². The molecule has 8 heteroatoms. The van der Waals surface area contributed by atoms with Gasteiger partial charge >= 0.3 is 6.18 Å². The fourth-order valence-electron chi connectivity index (χ4n) is 1.33. The van der Waals surface area contributed by atoms with Crippen LogP contribution in [0.5, 0.6) is 0 Å². The molecule has 0 aliphatic rings. The van der Waals surface area contributed by atoms with Gasteiger partial charge < -0.3 is 0 Å². The molecule has 102 valence electrons. The molecule has 1 aromatic rings. The molecule has 0 radical (unpaired) electrons. The Morgan fingerprint density at radius 3 is 2.28 bits per heavy atom. The lowest BCUT2D eigenvalue weighted by molar-refractivity contribution is -0.137. The van der Waals surface area contributed by atoms with Gasteiger partial charge in [-0.15, -0.1) is 0 Å². The monoisotopic (exact) mass is 302 g/mol. The van der Waals surface area contributed by atoms with Crippen LogP contribution in [0.1, 0.15) is 24.2 Å². The van der Waals surface area contributed by atoms with Gasteiger partial charge in [0.1, 0.15) is 0 Å². The lowest BCUT2D eigenvalue weighted by atomic mass is 10.1. The van der Waals surface area contributed by atoms with Gasteiger partial charge in [-0.3, -0.25) is 4.18 Å². The topological polar surface area (TPSA) is 43.4 Å². The van der Waals surface area contributed by atoms with Crippen LogP contribution in [0.4, 0.5) is 13.2 Å². The summed E-state index contributed by atoms with van der Waals surface area (Å²) in [6.45, 7) is 1.33. The summed E-state index contributed by atoms with van der Waals surface area (Å²) >= 11 is 5.57. The Kier molecular flexibility index (Phi) is 4.30. The molecule has 0 aromatic heterocycles. The number of hydrogen-bond acceptors (Lipinski definition) is 3. The highest BCUT2D eigenvalue weighted by atomic mass is 35.5. The van der Waals surface area contributed by atoms with Crippen molar-refractivity contribution in [2.45, 2.75) is 19.2 Å². The molecule has 3 nitrogen and oxygen atoms in total. The molecule has 1 rings (SSSR count). The summed E-state index contributed by atoms with van der Waals surface area (Å²) in [6, 6.07) is 2.80. The summed E-state index contributed by atoms with van der Waals surface area (Å²) in [6.07, 6.45) is -4.77. The second-order valence-corrected chi connectivity index (χ2v) is 5.75. The quantitative estimate of drug-likeness (QED) is 0.804. The van der Waals surface area contributed by atoms with Gasteiger partial charge in [0.25, 0.3) is 10.1 Å². The third kappa shape index (κ3) is 4.47. The third-order valence-electron chi connectivity index (χ3n) is 2.04. The lowest BCUT2D eigenvalue weighted by Gasteiger charge is -2.14. The van der Waals surface area contributed by atoms with Crippen LogP contribution in [-0.4, -0.2) is 14.7 Å². The highest BCUT2D eigenvalue weighted by Crippen LogP contribution is 2.34. The second-order valence-electron chi connectivity index (χ2n) is 3.71. The Labute approximate surface area is 108 Å². The molecule has 18 heavy (non-hydrogen) atoms. The van der Waals surface area contributed by atoms with Crippen LogP contribution >= 0.6 is 11.6 Å². The van der Waals surface area contributed by atoms with Crippen molar-refractivity contribution in [2.75, 3.05) is 6.26 Å². The van der Waals surface area contributed by atoms with E-state index in [-0.39, 0.29) is 10.6 Å². The van der Waals surface area contributed by atoms with E-state index in [0.717, 1.165) is 18.4 Å². The predicted molar refractivity (Wildman–Crippen MR) is 60.8 cm³/mol. The van der Waals surface area contributed by atoms with Crippen molar-refractivity contribution in [1.29, 1.82) is 0 Å². The summed E-state index contributed by atoms with van der Waals surface area (Å²) in [5, 5.41) is -0.135. The van der Waals surface area contributed by atoms with Crippen molar-refractivity contribution in [2.24, 2.45) is 0 Å². The number of benzene rings is 1. The summed E-state index contributed by atoms with van der Waals surface area (Å²) < 4.78 is 64.0. The van der Waals surface area contributed by atoms with Crippen molar-refractivity contribution in [3.8, 4) is 0 Å². The van der Waals surface area contributed by atoms with Gasteiger partial charge in [0.2, 0.25) is 0 Å². The van der Waals surface area contributed by atoms with Gasteiger partial charge in [0.15, 0.2) is 0 Å². The minimum Gasteiger partial charge on any atom is -0.262 e. The normalized spacial score (nSPS) is 14.6. The van der Waals surface area contributed by atoms with Gasteiger partial charge in [-0.05, 0) is 30.7 Å². The number of alkyl halides is 3. The van der Waals surface area contributed by atoms with Crippen LogP contribution < -0.4 is 0 Å². The SMILES string of the molecule is CC(OS(C)(=O)=O)c1cc(Cl)cc(C(F)(F)F)c1. The molecule has 1 aromatic carbocycles. The molecule has 0 heterocycles. The van der Waals surface area contributed by atoms with Crippen molar-refractivity contribution >= 4 is 21.7 Å². The van der Waals surface area contributed by atoms with E-state index >= 15 is 0 Å². The van der Waals surface area contributed by atoms with Crippen LogP contribution in [0, 0.1) is 0 Å². The van der Waals surface area contributed by atoms with Crippen LogP contribution in [0.2, 0.25) is 5.02 Å². The summed E-state index contributed by atoms with van der Waals surface area (Å²) in [4.78, 5) is 0. The maximum Gasteiger partial charge on any atom is 0.416 e. The Bertz CT molecular complexity index is 540. The van der Waals surface area contributed by atoms with Crippen LogP contribution in [0.3, 0.4) is 0 Å². The Morgan fingerprint density at radius 1 is 1.28 bits per heavy atom. The molecule has 0 saturated carbocycles. The number of rotatable bonds is 3. The van der Waals surface area contributed by atoms with Gasteiger partial charge in [-0.2, -0.15) is 21.6 Å². The molecule has 0 N–H and O–H groups in total. The van der Waals surface area contributed by atoms with Crippen LogP contribution in [0.15, 0.2) is 18.2 Å². The average molecular weight is 303 g/mol. The Hall–Kier alpha value is -0.790. The number of hydrogen-bond donors (Lipinski definition) is 0. The zero-order chi connectivity index (χ0) is 14.1. The van der Waals surface area contributed by atoms with E-state index in [0.29, 0.717) is 0 Å². The average Bonchev–Trinajstić information content (AvgIpc) is 2.12. The maximum atomic E-state index is 12.5. The fraction of sp³-hybridized carbons (Fsp3) is 0.400. The lowest BCUT2D eigenvalue weighted by Crippen LogP contribution is -2.10. The minimum atomic E-state index is -4.55. The van der Waals surface area contributed by atoms with Crippen molar-refractivity contribution in [3.05, 3.63) is 34.3 Å². The maximum absolute atomic E-state index is 12.5. The van der Waals surface area contributed by atoms with Crippen molar-refractivity contribution in [1.82, 2.24) is 0 Å². The van der Waals surface area contributed by atoms with Gasteiger partial charge in [-0.1, -0.05) is 11.6 Å². The van der Waals surface area contributed by atoms with E-state index in [1.807, 2.05) is 0 Å². The summed E-state index contributed by atoms with van der Waals surface area (Å²) in [5.41, 5.74) is -0.908. The van der Waals surface area contributed by atoms with Gasteiger partial charge in [0.05, 0.1) is 17.9 Å². The zero-order valence-electron chi connectivity index (χ0n) is 9.45. The van der Waals surface area contributed by atoms with E-state index in [9.17, 15) is 21.6 Å². The van der Waals surface area contributed by atoms with E-state index in [2.05, 4.69) is 4.18 Å². The fourth-order valence-corrected chi connectivity index (χ4v) is 2.21. The molecule has 0 amide bonds. The molecule has 0 fully saturated rings. The van der Waals surface area contributed by atoms with E-state index in [1.165, 1.54) is 13.0 Å². The first-order chi connectivity index (χ1) is 7.99. The van der Waals surface area contributed by atoms with Crippen LogP contribution in [0.25, 0.3) is 0 Å². The zero-order valence-corrected chi connectivity index (χ0v) is 11.0. The standard InChI is InChI=1S/C10H10ClF3O3S/c1-6(17-18(2,15)16)7-3-8(10(12,13)14)5-9(11)4-7/h3-6H,1-2H3. The molecule has 0 spiro atoms. The molecule has 0 saturated heterocycles. The predicted octanol–water partition coefficient (Wildman–Crippen LogP) is 3.40.